The number of nitrogens with one attached hydrogen (secondary N) is 1. The van der Waals surface area contributed by atoms with Gasteiger partial charge in [-0.05, 0) is 38.0 Å². The number of nitrogens with zero attached hydrogens (tertiary/aromatic N) is 5. The first-order valence-electron chi connectivity index (χ1n) is 10.4. The van der Waals surface area contributed by atoms with Crippen LogP contribution in [0.1, 0.15) is 38.8 Å². The average molecular weight is 418 g/mol. The number of hydroxylamine groups is 2. The highest BCUT2D eigenvalue weighted by Gasteiger charge is 2.49. The van der Waals surface area contributed by atoms with E-state index in [0.717, 1.165) is 12.3 Å². The highest BCUT2D eigenvalue weighted by atomic mass is 16.6. The average Bonchev–Trinajstić information content (AvgIpc) is 3.52. The van der Waals surface area contributed by atoms with Gasteiger partial charge < -0.3 is 20.3 Å². The van der Waals surface area contributed by atoms with Crippen LogP contribution in [0.4, 0.5) is 5.82 Å². The highest BCUT2D eigenvalue weighted by Crippen LogP contribution is 2.45. The van der Waals surface area contributed by atoms with Crippen LogP contribution in [0, 0.1) is 11.8 Å². The molecule has 1 amide bonds. The Morgan fingerprint density at radius 2 is 2.10 bits per heavy atom. The summed E-state index contributed by atoms with van der Waals surface area (Å²) in [6.45, 7) is 1.61. The second-order valence-corrected chi connectivity index (χ2v) is 8.45. The van der Waals surface area contributed by atoms with E-state index in [0.29, 0.717) is 34.0 Å². The zero-order valence-corrected chi connectivity index (χ0v) is 16.6. The van der Waals surface area contributed by atoms with Crippen LogP contribution in [-0.2, 0) is 9.53 Å². The number of amides is 1. The molecule has 2 saturated carbocycles. The van der Waals surface area contributed by atoms with Crippen molar-refractivity contribution < 1.29 is 25.0 Å². The summed E-state index contributed by atoms with van der Waals surface area (Å²) in [7, 11) is 0. The highest BCUT2D eigenvalue weighted by molar-refractivity contribution is 5.83. The fourth-order valence-electron chi connectivity index (χ4n) is 5.14. The number of hydrogen-bond acceptors (Lipinski definition) is 9. The van der Waals surface area contributed by atoms with E-state index < -0.39 is 30.4 Å². The first kappa shape index (κ1) is 19.6. The molecule has 3 aliphatic rings. The van der Waals surface area contributed by atoms with Gasteiger partial charge in [-0.15, -0.1) is 0 Å². The maximum atomic E-state index is 12.2. The lowest BCUT2D eigenvalue weighted by molar-refractivity contribution is -0.181. The third-order valence-electron chi connectivity index (χ3n) is 6.73. The normalized spacial score (nSPS) is 35.3. The number of aromatic nitrogens is 4. The number of fused-ring (bicyclic) bond motifs is 3. The molecule has 0 aromatic carbocycles. The number of aliphatic hydroxyl groups excluding tert-OH is 2. The zero-order valence-electron chi connectivity index (χ0n) is 16.6. The van der Waals surface area contributed by atoms with E-state index >= 15 is 0 Å². The lowest BCUT2D eigenvalue weighted by Crippen LogP contribution is -2.43. The number of rotatable bonds is 5. The molecule has 5 rings (SSSR count). The molecule has 3 heterocycles. The Morgan fingerprint density at radius 1 is 1.27 bits per heavy atom. The molecule has 3 fully saturated rings. The fraction of sp³-hybridized carbons (Fsp3) is 0.684. The van der Waals surface area contributed by atoms with E-state index in [-0.39, 0.29) is 6.54 Å². The number of likely N-dealkylation sites (N-methyl/N-ethyl adjacent to an activating group) is 1. The van der Waals surface area contributed by atoms with E-state index in [1.54, 1.807) is 6.92 Å². The molecule has 11 nitrogen and oxygen atoms in total. The Hall–Kier alpha value is -2.34. The molecule has 4 N–H and O–H groups in total. The molecule has 162 valence electrons. The summed E-state index contributed by atoms with van der Waals surface area (Å²) < 4.78 is 7.11. The Morgan fingerprint density at radius 3 is 2.80 bits per heavy atom. The Bertz CT molecular complexity index is 953. The van der Waals surface area contributed by atoms with Crippen molar-refractivity contribution in [2.75, 3.05) is 11.9 Å². The third kappa shape index (κ3) is 3.04. The monoisotopic (exact) mass is 418 g/mol. The predicted molar refractivity (Wildman–Crippen MR) is 103 cm³/mol. The van der Waals surface area contributed by atoms with Gasteiger partial charge in [0, 0.05) is 12.6 Å². The molecule has 1 aliphatic heterocycles. The topological polar surface area (TPSA) is 146 Å². The maximum Gasteiger partial charge on any atom is 0.277 e. The third-order valence-corrected chi connectivity index (χ3v) is 6.73. The quantitative estimate of drug-likeness (QED) is 0.397. The van der Waals surface area contributed by atoms with E-state index in [9.17, 15) is 20.2 Å². The van der Waals surface area contributed by atoms with Crippen LogP contribution in [0.25, 0.3) is 11.2 Å². The molecule has 2 bridgehead atoms. The van der Waals surface area contributed by atoms with Gasteiger partial charge in [0.05, 0.1) is 6.33 Å². The summed E-state index contributed by atoms with van der Waals surface area (Å²) in [4.78, 5) is 25.3. The number of aliphatic hydroxyl groups is 2. The van der Waals surface area contributed by atoms with Gasteiger partial charge in [-0.2, -0.15) is 0 Å². The summed E-state index contributed by atoms with van der Waals surface area (Å²) in [6, 6.07) is 0.369. The summed E-state index contributed by atoms with van der Waals surface area (Å²) in [5, 5.41) is 34.4. The van der Waals surface area contributed by atoms with Gasteiger partial charge in [-0.25, -0.2) is 20.0 Å². The second kappa shape index (κ2) is 7.41. The van der Waals surface area contributed by atoms with Crippen molar-refractivity contribution in [2.24, 2.45) is 11.8 Å². The second-order valence-electron chi connectivity index (χ2n) is 8.45. The molecular weight excluding hydrogens is 392 g/mol. The molecule has 0 unspecified atom stereocenters. The van der Waals surface area contributed by atoms with Crippen LogP contribution in [0.5, 0.6) is 0 Å². The van der Waals surface area contributed by atoms with Crippen LogP contribution >= 0.6 is 0 Å². The molecule has 7 atom stereocenters. The summed E-state index contributed by atoms with van der Waals surface area (Å²) in [5.41, 5.74) is 0.967. The van der Waals surface area contributed by atoms with Crippen molar-refractivity contribution in [2.45, 2.75) is 63.2 Å². The van der Waals surface area contributed by atoms with Crippen LogP contribution in [0.2, 0.25) is 0 Å². The van der Waals surface area contributed by atoms with E-state index in [1.807, 2.05) is 0 Å². The minimum absolute atomic E-state index is 0.0332. The van der Waals surface area contributed by atoms with Gasteiger partial charge >= 0.3 is 0 Å². The first-order chi connectivity index (χ1) is 14.5. The van der Waals surface area contributed by atoms with Crippen LogP contribution in [0.15, 0.2) is 12.7 Å². The molecule has 2 aromatic heterocycles. The summed E-state index contributed by atoms with van der Waals surface area (Å²) >= 11 is 0. The van der Waals surface area contributed by atoms with Gasteiger partial charge in [0.2, 0.25) is 0 Å². The first-order valence-corrected chi connectivity index (χ1v) is 10.4. The SMILES string of the molecule is CCN(O)C(=O)[C@H]1O[C@@H](n2cnc3c(N[C@H]4C[C@H]5CC[C@@H]4C5)ncnc32)[C@H](O)[C@@H]1O. The molecule has 0 spiro atoms. The Kier molecular flexibility index (Phi) is 4.85. The van der Waals surface area contributed by atoms with Crippen molar-refractivity contribution in [1.82, 2.24) is 24.6 Å². The number of ether oxygens (including phenoxy) is 1. The number of imidazole rings is 1. The van der Waals surface area contributed by atoms with E-state index in [4.69, 9.17) is 4.74 Å². The van der Waals surface area contributed by atoms with Crippen LogP contribution < -0.4 is 5.32 Å². The van der Waals surface area contributed by atoms with E-state index in [2.05, 4.69) is 20.3 Å². The lowest BCUT2D eigenvalue weighted by Gasteiger charge is -2.23. The fourth-order valence-corrected chi connectivity index (χ4v) is 5.14. The van der Waals surface area contributed by atoms with Gasteiger partial charge in [-0.1, -0.05) is 6.42 Å². The standard InChI is InChI=1S/C19H26N6O5/c1-2-25(29)18(28)15-13(26)14(27)19(30-15)24-8-22-12-16(20-7-21-17(12)24)23-11-6-9-3-4-10(11)5-9/h7-11,13-15,19,26-27,29H,2-6H2,1H3,(H,20,21,23)/t9-,10+,11-,13-,14+,15-,19+/m0/s1. The maximum absolute atomic E-state index is 12.2. The van der Waals surface area contributed by atoms with Gasteiger partial charge in [-0.3, -0.25) is 14.6 Å². The van der Waals surface area contributed by atoms with Crippen LogP contribution in [0.3, 0.4) is 0 Å². The van der Waals surface area contributed by atoms with Crippen molar-refractivity contribution in [1.29, 1.82) is 0 Å². The Labute approximate surface area is 172 Å². The molecule has 2 aromatic rings. The summed E-state index contributed by atoms with van der Waals surface area (Å²) in [5.74, 6) is 1.26. The van der Waals surface area contributed by atoms with Crippen molar-refractivity contribution in [3.8, 4) is 0 Å². The van der Waals surface area contributed by atoms with Crippen molar-refractivity contribution >= 4 is 22.9 Å². The summed E-state index contributed by atoms with van der Waals surface area (Å²) in [6.07, 6.45) is 2.46. The molecule has 2 aliphatic carbocycles. The Balaban J connectivity index is 1.41. The molecule has 0 radical (unpaired) electrons. The van der Waals surface area contributed by atoms with Crippen molar-refractivity contribution in [3.63, 3.8) is 0 Å². The molecular formula is C19H26N6O5. The predicted octanol–water partition coefficient (Wildman–Crippen LogP) is 0.284. The van der Waals surface area contributed by atoms with Crippen LogP contribution in [-0.4, -0.2) is 76.8 Å². The zero-order chi connectivity index (χ0) is 21.0. The largest absolute Gasteiger partial charge is 0.387 e. The van der Waals surface area contributed by atoms with Gasteiger partial charge in [0.1, 0.15) is 18.5 Å². The molecule has 1 saturated heterocycles. The number of carbonyl (C=O) groups excluding carboxylic acids is 1. The van der Waals surface area contributed by atoms with E-state index in [1.165, 1.54) is 36.5 Å². The molecule has 11 heteroatoms. The minimum Gasteiger partial charge on any atom is -0.387 e. The lowest BCUT2D eigenvalue weighted by atomic mass is 9.95. The number of anilines is 1. The van der Waals surface area contributed by atoms with Gasteiger partial charge in [0.15, 0.2) is 29.3 Å². The number of carbonyl (C=O) groups is 1. The number of hydrogen-bond donors (Lipinski definition) is 4. The minimum atomic E-state index is -1.49. The van der Waals surface area contributed by atoms with Gasteiger partial charge in [0.25, 0.3) is 5.91 Å². The molecule has 30 heavy (non-hydrogen) atoms. The van der Waals surface area contributed by atoms with Crippen molar-refractivity contribution in [3.05, 3.63) is 12.7 Å². The smallest absolute Gasteiger partial charge is 0.277 e.